The van der Waals surface area contributed by atoms with E-state index in [2.05, 4.69) is 32.8 Å². The monoisotopic (exact) mass is 301 g/mol. The molecule has 0 aliphatic carbocycles. The van der Waals surface area contributed by atoms with Crippen LogP contribution in [0.2, 0.25) is 0 Å². The Hall–Kier alpha value is -1.81. The fraction of sp³-hybridized carbons (Fsp3) is 0.0714. The maximum absolute atomic E-state index is 5.92. The predicted molar refractivity (Wildman–Crippen MR) is 78.4 cm³/mol. The number of aromatic amines is 1. The average Bonchev–Trinajstić information content (AvgIpc) is 2.78. The molecule has 3 N–H and O–H groups in total. The van der Waals surface area contributed by atoms with Crippen molar-refractivity contribution < 1.29 is 0 Å². The number of nitrogens with one attached hydrogen (secondary N) is 1. The lowest BCUT2D eigenvalue weighted by Crippen LogP contribution is -1.87. The molecular formula is C14H12BrN3. The molecule has 0 unspecified atom stereocenters. The number of nitrogen functional groups attached to an aromatic ring is 1. The van der Waals surface area contributed by atoms with Crippen molar-refractivity contribution in [2.45, 2.75) is 6.92 Å². The molecule has 0 amide bonds. The molecule has 1 heterocycles. The first-order chi connectivity index (χ1) is 8.66. The normalized spacial score (nSPS) is 11.0. The minimum atomic E-state index is 0.697. The Morgan fingerprint density at radius 3 is 2.72 bits per heavy atom. The van der Waals surface area contributed by atoms with Gasteiger partial charge in [0.05, 0.1) is 11.2 Å². The van der Waals surface area contributed by atoms with Crippen molar-refractivity contribution in [1.29, 1.82) is 0 Å². The van der Waals surface area contributed by atoms with Crippen LogP contribution >= 0.6 is 15.9 Å². The van der Waals surface area contributed by atoms with Crippen molar-refractivity contribution in [3.05, 3.63) is 46.4 Å². The molecule has 0 saturated heterocycles. The maximum atomic E-state index is 5.92. The molecule has 0 saturated carbocycles. The van der Waals surface area contributed by atoms with Gasteiger partial charge in [0.25, 0.3) is 0 Å². The van der Waals surface area contributed by atoms with Crippen molar-refractivity contribution in [2.75, 3.05) is 5.73 Å². The topological polar surface area (TPSA) is 54.7 Å². The molecule has 18 heavy (non-hydrogen) atoms. The van der Waals surface area contributed by atoms with Crippen LogP contribution in [0.1, 0.15) is 5.56 Å². The molecule has 2 aromatic carbocycles. The molecule has 3 nitrogen and oxygen atoms in total. The first-order valence-electron chi connectivity index (χ1n) is 5.66. The van der Waals surface area contributed by atoms with Gasteiger partial charge >= 0.3 is 0 Å². The average molecular weight is 302 g/mol. The van der Waals surface area contributed by atoms with Crippen molar-refractivity contribution in [2.24, 2.45) is 0 Å². The van der Waals surface area contributed by atoms with Gasteiger partial charge in [0.2, 0.25) is 0 Å². The SMILES string of the molecule is Cc1c(Br)cccc1-c1nc2c(N)cccc2[nH]1. The highest BCUT2D eigenvalue weighted by Gasteiger charge is 2.10. The molecule has 0 fully saturated rings. The highest BCUT2D eigenvalue weighted by atomic mass is 79.9. The van der Waals surface area contributed by atoms with E-state index in [4.69, 9.17) is 5.73 Å². The zero-order valence-corrected chi connectivity index (χ0v) is 11.5. The largest absolute Gasteiger partial charge is 0.397 e. The summed E-state index contributed by atoms with van der Waals surface area (Å²) in [7, 11) is 0. The van der Waals surface area contributed by atoms with Gasteiger partial charge in [-0.05, 0) is 30.7 Å². The van der Waals surface area contributed by atoms with Crippen molar-refractivity contribution in [1.82, 2.24) is 9.97 Å². The van der Waals surface area contributed by atoms with Crippen LogP contribution in [0.15, 0.2) is 40.9 Å². The number of imidazole rings is 1. The first kappa shape index (κ1) is 11.3. The van der Waals surface area contributed by atoms with E-state index in [-0.39, 0.29) is 0 Å². The number of anilines is 1. The lowest BCUT2D eigenvalue weighted by Gasteiger charge is -2.03. The molecule has 0 atom stereocenters. The fourth-order valence-electron chi connectivity index (χ4n) is 2.05. The summed E-state index contributed by atoms with van der Waals surface area (Å²) < 4.78 is 1.08. The van der Waals surface area contributed by atoms with Crippen LogP contribution in [-0.2, 0) is 0 Å². The number of hydrogen-bond acceptors (Lipinski definition) is 2. The van der Waals surface area contributed by atoms with E-state index in [0.29, 0.717) is 5.69 Å². The van der Waals surface area contributed by atoms with Crippen LogP contribution in [0.3, 0.4) is 0 Å². The number of aromatic nitrogens is 2. The summed E-state index contributed by atoms with van der Waals surface area (Å²) in [6.07, 6.45) is 0. The summed E-state index contributed by atoms with van der Waals surface area (Å²) in [4.78, 5) is 7.89. The summed E-state index contributed by atoms with van der Waals surface area (Å²) in [5, 5.41) is 0. The standard InChI is InChI=1S/C14H12BrN3/c1-8-9(4-2-5-10(8)15)14-17-12-7-3-6-11(16)13(12)18-14/h2-7H,16H2,1H3,(H,17,18). The Labute approximate surface area is 113 Å². The second kappa shape index (κ2) is 4.14. The van der Waals surface area contributed by atoms with Gasteiger partial charge in [0, 0.05) is 10.0 Å². The van der Waals surface area contributed by atoms with E-state index in [1.54, 1.807) is 0 Å². The van der Waals surface area contributed by atoms with Crippen LogP contribution < -0.4 is 5.73 Å². The van der Waals surface area contributed by atoms with Gasteiger partial charge in [-0.25, -0.2) is 4.98 Å². The number of fused-ring (bicyclic) bond motifs is 1. The number of H-pyrrole nitrogens is 1. The minimum absolute atomic E-state index is 0.697. The van der Waals surface area contributed by atoms with Gasteiger partial charge in [-0.2, -0.15) is 0 Å². The van der Waals surface area contributed by atoms with Gasteiger partial charge in [0.15, 0.2) is 0 Å². The number of halogens is 1. The Balaban J connectivity index is 2.26. The lowest BCUT2D eigenvalue weighted by atomic mass is 10.1. The predicted octanol–water partition coefficient (Wildman–Crippen LogP) is 3.88. The number of nitrogens with zero attached hydrogens (tertiary/aromatic N) is 1. The number of rotatable bonds is 1. The molecule has 3 rings (SSSR count). The minimum Gasteiger partial charge on any atom is -0.397 e. The van der Waals surface area contributed by atoms with Crippen LogP contribution in [-0.4, -0.2) is 9.97 Å². The molecule has 3 aromatic rings. The van der Waals surface area contributed by atoms with Gasteiger partial charge in [-0.15, -0.1) is 0 Å². The van der Waals surface area contributed by atoms with Crippen LogP contribution in [0, 0.1) is 6.92 Å². The molecule has 0 radical (unpaired) electrons. The Kier molecular flexibility index (Phi) is 2.59. The summed E-state index contributed by atoms with van der Waals surface area (Å²) in [6.45, 7) is 2.07. The summed E-state index contributed by atoms with van der Waals surface area (Å²) in [5.74, 6) is 0.849. The lowest BCUT2D eigenvalue weighted by molar-refractivity contribution is 1.30. The zero-order valence-electron chi connectivity index (χ0n) is 9.87. The van der Waals surface area contributed by atoms with Crippen LogP contribution in [0.25, 0.3) is 22.4 Å². The van der Waals surface area contributed by atoms with Crippen molar-refractivity contribution >= 4 is 32.7 Å². The third kappa shape index (κ3) is 1.69. The Morgan fingerprint density at radius 2 is 1.94 bits per heavy atom. The number of nitrogens with two attached hydrogens (primary N) is 1. The Morgan fingerprint density at radius 1 is 1.17 bits per heavy atom. The highest BCUT2D eigenvalue weighted by Crippen LogP contribution is 2.29. The molecule has 0 bridgehead atoms. The molecule has 0 aliphatic rings. The molecule has 90 valence electrons. The van der Waals surface area contributed by atoms with Gasteiger partial charge in [-0.1, -0.05) is 34.1 Å². The second-order valence-corrected chi connectivity index (χ2v) is 5.10. The summed E-state index contributed by atoms with van der Waals surface area (Å²) in [6, 6.07) is 11.8. The maximum Gasteiger partial charge on any atom is 0.138 e. The van der Waals surface area contributed by atoms with E-state index < -0.39 is 0 Å². The van der Waals surface area contributed by atoms with E-state index in [1.165, 1.54) is 0 Å². The zero-order chi connectivity index (χ0) is 12.7. The van der Waals surface area contributed by atoms with Gasteiger partial charge in [-0.3, -0.25) is 0 Å². The van der Waals surface area contributed by atoms with E-state index >= 15 is 0 Å². The van der Waals surface area contributed by atoms with Crippen molar-refractivity contribution in [3.63, 3.8) is 0 Å². The summed E-state index contributed by atoms with van der Waals surface area (Å²) in [5.41, 5.74) is 10.7. The number of para-hydroxylation sites is 1. The third-order valence-corrected chi connectivity index (χ3v) is 3.93. The molecule has 0 spiro atoms. The van der Waals surface area contributed by atoms with Crippen LogP contribution in [0.4, 0.5) is 5.69 Å². The molecule has 0 aliphatic heterocycles. The molecule has 1 aromatic heterocycles. The molecule has 4 heteroatoms. The third-order valence-electron chi connectivity index (χ3n) is 3.07. The quantitative estimate of drug-likeness (QED) is 0.670. The first-order valence-corrected chi connectivity index (χ1v) is 6.46. The van der Waals surface area contributed by atoms with E-state index in [9.17, 15) is 0 Å². The van der Waals surface area contributed by atoms with E-state index in [0.717, 1.165) is 32.5 Å². The number of benzene rings is 2. The smallest absolute Gasteiger partial charge is 0.138 e. The highest BCUT2D eigenvalue weighted by molar-refractivity contribution is 9.10. The number of hydrogen-bond donors (Lipinski definition) is 2. The fourth-order valence-corrected chi connectivity index (χ4v) is 2.41. The van der Waals surface area contributed by atoms with Crippen molar-refractivity contribution in [3.8, 4) is 11.4 Å². The van der Waals surface area contributed by atoms with Crippen LogP contribution in [0.5, 0.6) is 0 Å². The Bertz CT molecular complexity index is 731. The van der Waals surface area contributed by atoms with Gasteiger partial charge in [0.1, 0.15) is 11.3 Å². The second-order valence-electron chi connectivity index (χ2n) is 4.24. The summed E-state index contributed by atoms with van der Waals surface area (Å²) >= 11 is 3.54. The van der Waals surface area contributed by atoms with E-state index in [1.807, 2.05) is 36.4 Å². The molecular weight excluding hydrogens is 290 g/mol. The van der Waals surface area contributed by atoms with Gasteiger partial charge < -0.3 is 10.7 Å².